The lowest BCUT2D eigenvalue weighted by Gasteiger charge is -2.15. The van der Waals surface area contributed by atoms with Crippen LogP contribution in [0.15, 0.2) is 41.4 Å². The molecule has 1 aliphatic carbocycles. The molecule has 1 aromatic carbocycles. The fraction of sp³-hybridized carbons (Fsp3) is 0.167. The summed E-state index contributed by atoms with van der Waals surface area (Å²) in [6.45, 7) is 0. The molecule has 78 valence electrons. The summed E-state index contributed by atoms with van der Waals surface area (Å²) >= 11 is 6.14. The highest BCUT2D eigenvalue weighted by Crippen LogP contribution is 2.29. The molecule has 4 N–H and O–H groups in total. The topological polar surface area (TPSA) is 52.0 Å². The van der Waals surface area contributed by atoms with Crippen LogP contribution in [0.2, 0.25) is 0 Å². The summed E-state index contributed by atoms with van der Waals surface area (Å²) in [6.07, 6.45) is 3.79. The van der Waals surface area contributed by atoms with Crippen molar-refractivity contribution < 1.29 is 1.37 Å². The molecule has 0 fully saturated rings. The van der Waals surface area contributed by atoms with E-state index in [1.165, 1.54) is 0 Å². The SMILES string of the molecule is [2H]C1(N)C=CC(c2ccc(N)cc2)=C(Cl)C1. The van der Waals surface area contributed by atoms with Gasteiger partial charge in [-0.15, -0.1) is 0 Å². The molecule has 0 spiro atoms. The van der Waals surface area contributed by atoms with Gasteiger partial charge in [-0.3, -0.25) is 0 Å². The standard InChI is InChI=1S/C12H13ClN2/c13-12-7-10(15)5-6-11(12)8-1-3-9(14)4-2-8/h1-6,10H,7,14-15H2/i10D. The monoisotopic (exact) mass is 221 g/mol. The van der Waals surface area contributed by atoms with Gasteiger partial charge < -0.3 is 11.5 Å². The molecule has 0 radical (unpaired) electrons. The molecular formula is C12H13ClN2. The average Bonchev–Trinajstić information content (AvgIpc) is 2.19. The minimum Gasteiger partial charge on any atom is -0.399 e. The molecule has 0 amide bonds. The number of nitrogens with two attached hydrogens (primary N) is 2. The second-order valence-corrected chi connectivity index (χ2v) is 3.98. The van der Waals surface area contributed by atoms with Crippen LogP contribution >= 0.6 is 11.6 Å². The Bertz CT molecular complexity index is 460. The van der Waals surface area contributed by atoms with E-state index in [1.54, 1.807) is 12.2 Å². The van der Waals surface area contributed by atoms with Crippen LogP contribution < -0.4 is 11.5 Å². The maximum Gasteiger partial charge on any atom is 0.0511 e. The smallest absolute Gasteiger partial charge is 0.0511 e. The molecule has 0 aromatic heterocycles. The van der Waals surface area contributed by atoms with Crippen LogP contribution in [0.5, 0.6) is 0 Å². The van der Waals surface area contributed by atoms with Gasteiger partial charge in [0.1, 0.15) is 0 Å². The molecule has 1 aromatic rings. The first kappa shape index (κ1) is 9.01. The van der Waals surface area contributed by atoms with Crippen LogP contribution in [0.1, 0.15) is 13.4 Å². The van der Waals surface area contributed by atoms with Gasteiger partial charge in [-0.25, -0.2) is 0 Å². The van der Waals surface area contributed by atoms with E-state index < -0.39 is 6.02 Å². The maximum absolute atomic E-state index is 7.70. The van der Waals surface area contributed by atoms with Gasteiger partial charge in [-0.2, -0.15) is 0 Å². The van der Waals surface area contributed by atoms with Crippen molar-refractivity contribution in [3.63, 3.8) is 0 Å². The van der Waals surface area contributed by atoms with Crippen molar-refractivity contribution in [2.45, 2.75) is 12.4 Å². The number of halogens is 1. The Labute approximate surface area is 95.6 Å². The van der Waals surface area contributed by atoms with Crippen LogP contribution in [0.25, 0.3) is 5.57 Å². The zero-order chi connectivity index (χ0) is 11.8. The largest absolute Gasteiger partial charge is 0.399 e. The Morgan fingerprint density at radius 2 is 2.00 bits per heavy atom. The van der Waals surface area contributed by atoms with E-state index in [0.29, 0.717) is 17.1 Å². The Morgan fingerprint density at radius 3 is 2.60 bits per heavy atom. The van der Waals surface area contributed by atoms with E-state index in [4.69, 9.17) is 24.4 Å². The lowest BCUT2D eigenvalue weighted by atomic mass is 9.97. The fourth-order valence-corrected chi connectivity index (χ4v) is 1.86. The molecule has 1 atom stereocenters. The van der Waals surface area contributed by atoms with Crippen molar-refractivity contribution in [2.24, 2.45) is 5.73 Å². The molecule has 2 nitrogen and oxygen atoms in total. The number of benzene rings is 1. The number of nitrogen functional groups attached to an aromatic ring is 1. The van der Waals surface area contributed by atoms with Gasteiger partial charge in [-0.1, -0.05) is 35.9 Å². The Kier molecular flexibility index (Phi) is 2.46. The van der Waals surface area contributed by atoms with Gasteiger partial charge in [0.05, 0.1) is 1.37 Å². The first-order chi connectivity index (χ1) is 7.48. The first-order valence-electron chi connectivity index (χ1n) is 5.21. The van der Waals surface area contributed by atoms with Crippen molar-refractivity contribution in [1.29, 1.82) is 0 Å². The molecule has 0 bridgehead atoms. The van der Waals surface area contributed by atoms with E-state index >= 15 is 0 Å². The second kappa shape index (κ2) is 4.09. The van der Waals surface area contributed by atoms with E-state index in [2.05, 4.69) is 0 Å². The van der Waals surface area contributed by atoms with Gasteiger partial charge in [0.15, 0.2) is 0 Å². The lowest BCUT2D eigenvalue weighted by Crippen LogP contribution is -2.19. The van der Waals surface area contributed by atoms with Crippen molar-refractivity contribution in [2.75, 3.05) is 5.73 Å². The van der Waals surface area contributed by atoms with Crippen molar-refractivity contribution in [1.82, 2.24) is 0 Å². The van der Waals surface area contributed by atoms with Crippen molar-refractivity contribution in [3.05, 3.63) is 47.0 Å². The predicted molar refractivity (Wildman–Crippen MR) is 65.4 cm³/mol. The minimum absolute atomic E-state index is 0.338. The Morgan fingerprint density at radius 1 is 1.33 bits per heavy atom. The molecule has 1 unspecified atom stereocenters. The molecule has 1 aliphatic rings. The lowest BCUT2D eigenvalue weighted by molar-refractivity contribution is 0.818. The van der Waals surface area contributed by atoms with Crippen molar-refractivity contribution >= 4 is 22.9 Å². The maximum atomic E-state index is 7.70. The average molecular weight is 222 g/mol. The highest BCUT2D eigenvalue weighted by molar-refractivity contribution is 6.33. The Hall–Kier alpha value is -1.25. The quantitative estimate of drug-likeness (QED) is 0.716. The Balaban J connectivity index is 2.36. The summed E-state index contributed by atoms with van der Waals surface area (Å²) in [4.78, 5) is 0. The molecule has 2 rings (SSSR count). The van der Waals surface area contributed by atoms with E-state index in [-0.39, 0.29) is 0 Å². The van der Waals surface area contributed by atoms with Crippen LogP contribution in [-0.2, 0) is 0 Å². The zero-order valence-corrected chi connectivity index (χ0v) is 8.96. The van der Waals surface area contributed by atoms with Gasteiger partial charge in [0.2, 0.25) is 0 Å². The summed E-state index contributed by atoms with van der Waals surface area (Å²) in [7, 11) is 0. The summed E-state index contributed by atoms with van der Waals surface area (Å²) < 4.78 is 7.70. The third-order valence-electron chi connectivity index (χ3n) is 2.34. The number of allylic oxidation sites excluding steroid dienone is 2. The first-order valence-corrected chi connectivity index (χ1v) is 5.08. The number of hydrogen-bond acceptors (Lipinski definition) is 2. The molecule has 3 heteroatoms. The highest BCUT2D eigenvalue weighted by Gasteiger charge is 2.12. The van der Waals surface area contributed by atoms with Crippen molar-refractivity contribution in [3.8, 4) is 0 Å². The van der Waals surface area contributed by atoms with Gasteiger partial charge in [0, 0.05) is 23.2 Å². The summed E-state index contributed by atoms with van der Waals surface area (Å²) in [5.41, 5.74) is 13.9. The third kappa shape index (κ3) is 2.22. The highest BCUT2D eigenvalue weighted by atomic mass is 35.5. The fourth-order valence-electron chi connectivity index (χ4n) is 1.53. The second-order valence-electron chi connectivity index (χ2n) is 3.53. The zero-order valence-electron chi connectivity index (χ0n) is 9.20. The molecule has 0 saturated carbocycles. The van der Waals surface area contributed by atoms with Gasteiger partial charge in [-0.05, 0) is 23.3 Å². The summed E-state index contributed by atoms with van der Waals surface area (Å²) in [5, 5.41) is 0.616. The number of hydrogen-bond donors (Lipinski definition) is 2. The summed E-state index contributed by atoms with van der Waals surface area (Å²) in [5.74, 6) is 0. The number of anilines is 1. The van der Waals surface area contributed by atoms with E-state index in [1.807, 2.05) is 24.3 Å². The predicted octanol–water partition coefficient (Wildman–Crippen LogP) is 2.51. The third-order valence-corrected chi connectivity index (χ3v) is 2.67. The minimum atomic E-state index is -1.09. The normalized spacial score (nSPS) is 26.7. The molecule has 0 heterocycles. The van der Waals surface area contributed by atoms with Crippen LogP contribution in [0.3, 0.4) is 0 Å². The van der Waals surface area contributed by atoms with Gasteiger partial charge >= 0.3 is 0 Å². The van der Waals surface area contributed by atoms with Crippen LogP contribution in [0, 0.1) is 0 Å². The van der Waals surface area contributed by atoms with Crippen LogP contribution in [0.4, 0.5) is 5.69 Å². The van der Waals surface area contributed by atoms with Crippen LogP contribution in [-0.4, -0.2) is 6.02 Å². The molecule has 0 aliphatic heterocycles. The molecular weight excluding hydrogens is 208 g/mol. The van der Waals surface area contributed by atoms with Gasteiger partial charge in [0.25, 0.3) is 0 Å². The number of rotatable bonds is 1. The van der Waals surface area contributed by atoms with E-state index in [9.17, 15) is 0 Å². The van der Waals surface area contributed by atoms with E-state index in [0.717, 1.165) is 11.1 Å². The molecule has 0 saturated heterocycles. The molecule has 15 heavy (non-hydrogen) atoms. The summed E-state index contributed by atoms with van der Waals surface area (Å²) in [6, 6.07) is 6.38.